The van der Waals surface area contributed by atoms with Gasteiger partial charge in [-0.2, -0.15) is 0 Å². The Kier molecular flexibility index (Phi) is 6.04. The molecule has 4 nitrogen and oxygen atoms in total. The van der Waals surface area contributed by atoms with Crippen molar-refractivity contribution in [3.8, 4) is 5.75 Å². The molecule has 1 aliphatic carbocycles. The normalized spacial score (nSPS) is 16.2. The van der Waals surface area contributed by atoms with E-state index in [1.54, 1.807) is 0 Å². The molecule has 0 heterocycles. The summed E-state index contributed by atoms with van der Waals surface area (Å²) in [5, 5.41) is 0. The van der Waals surface area contributed by atoms with Crippen LogP contribution in [0.5, 0.6) is 5.75 Å². The highest BCUT2D eigenvalue weighted by Gasteiger charge is 2.60. The summed E-state index contributed by atoms with van der Waals surface area (Å²) in [5.41, 5.74) is 11.9. The van der Waals surface area contributed by atoms with Crippen molar-refractivity contribution in [3.05, 3.63) is 107 Å². The van der Waals surface area contributed by atoms with Crippen LogP contribution in [0.25, 0.3) is 5.70 Å². The molecule has 1 aliphatic rings. The number of aryl methyl sites for hydroxylation is 2. The molecule has 164 valence electrons. The highest BCUT2D eigenvalue weighted by Crippen LogP contribution is 2.59. The molecule has 0 aliphatic heterocycles. The van der Waals surface area contributed by atoms with Gasteiger partial charge in [-0.1, -0.05) is 66.2 Å². The van der Waals surface area contributed by atoms with E-state index in [1.807, 2.05) is 31.2 Å². The summed E-state index contributed by atoms with van der Waals surface area (Å²) >= 11 is 0. The molecule has 0 aromatic heterocycles. The largest absolute Gasteiger partial charge is 0.494 e. The second kappa shape index (κ2) is 8.91. The lowest BCUT2D eigenvalue weighted by molar-refractivity contribution is -0.123. The van der Waals surface area contributed by atoms with Crippen LogP contribution in [-0.2, 0) is 10.2 Å². The van der Waals surface area contributed by atoms with E-state index in [-0.39, 0.29) is 17.2 Å². The zero-order chi connectivity index (χ0) is 22.7. The summed E-state index contributed by atoms with van der Waals surface area (Å²) in [5.74, 6) is 0.638. The van der Waals surface area contributed by atoms with Crippen molar-refractivity contribution in [2.45, 2.75) is 32.6 Å². The molecule has 1 unspecified atom stereocenters. The fourth-order valence-electron chi connectivity index (χ4n) is 4.44. The second-order valence-electron chi connectivity index (χ2n) is 8.52. The minimum absolute atomic E-state index is 0.0277. The topological polar surface area (TPSA) is 50.4 Å². The fourth-order valence-corrected chi connectivity index (χ4v) is 4.44. The van der Waals surface area contributed by atoms with E-state index in [1.165, 1.54) is 22.3 Å². The Morgan fingerprint density at radius 1 is 0.969 bits per heavy atom. The van der Waals surface area contributed by atoms with Gasteiger partial charge in [0.2, 0.25) is 5.91 Å². The lowest BCUT2D eigenvalue weighted by Crippen LogP contribution is -2.38. The van der Waals surface area contributed by atoms with Crippen LogP contribution in [-0.4, -0.2) is 12.5 Å². The van der Waals surface area contributed by atoms with Gasteiger partial charge in [0.15, 0.2) is 0 Å². The van der Waals surface area contributed by atoms with Crippen molar-refractivity contribution in [1.29, 1.82) is 0 Å². The van der Waals surface area contributed by atoms with E-state index >= 15 is 0 Å². The van der Waals surface area contributed by atoms with Gasteiger partial charge in [0.25, 0.3) is 0 Å². The Morgan fingerprint density at radius 3 is 2.09 bits per heavy atom. The Hall–Kier alpha value is -3.53. The van der Waals surface area contributed by atoms with Crippen molar-refractivity contribution < 1.29 is 9.53 Å². The monoisotopic (exact) mass is 426 g/mol. The number of nitrogens with one attached hydrogen (secondary N) is 2. The molecule has 1 amide bonds. The summed E-state index contributed by atoms with van der Waals surface area (Å²) < 4.78 is 5.48. The van der Waals surface area contributed by atoms with E-state index in [0.717, 1.165) is 17.7 Å². The van der Waals surface area contributed by atoms with Gasteiger partial charge in [-0.15, -0.1) is 0 Å². The standard InChI is InChI=1S/C28H30N2O2/c1-5-32-25-14-12-22(13-15-25)21(4)29-30-27(31)26-18-28(26,23-10-6-8-19(2)16-23)24-11-7-9-20(3)17-24/h6-17,26,29H,4-5,18H2,1-3H3,(H,30,31). The molecule has 3 aromatic carbocycles. The molecule has 2 N–H and O–H groups in total. The van der Waals surface area contributed by atoms with Gasteiger partial charge in [0, 0.05) is 5.41 Å². The molecular formula is C28H30N2O2. The smallest absolute Gasteiger partial charge is 0.242 e. The van der Waals surface area contributed by atoms with Gasteiger partial charge < -0.3 is 4.74 Å². The fraction of sp³-hybridized carbons (Fsp3) is 0.250. The van der Waals surface area contributed by atoms with Gasteiger partial charge in [-0.25, -0.2) is 0 Å². The van der Waals surface area contributed by atoms with Gasteiger partial charge in [0.1, 0.15) is 5.75 Å². The predicted octanol–water partition coefficient (Wildman–Crippen LogP) is 5.30. The summed E-state index contributed by atoms with van der Waals surface area (Å²) in [6, 6.07) is 24.6. The van der Waals surface area contributed by atoms with Gasteiger partial charge >= 0.3 is 0 Å². The summed E-state index contributed by atoms with van der Waals surface area (Å²) in [6.45, 7) is 10.8. The number of carbonyl (C=O) groups excluding carboxylic acids is 1. The maximum absolute atomic E-state index is 13.2. The third-order valence-corrected chi connectivity index (χ3v) is 6.19. The van der Waals surface area contributed by atoms with E-state index in [4.69, 9.17) is 4.74 Å². The van der Waals surface area contributed by atoms with Crippen LogP contribution in [0.2, 0.25) is 0 Å². The predicted molar refractivity (Wildman–Crippen MR) is 129 cm³/mol. The molecule has 3 aromatic rings. The number of hydrogen-bond donors (Lipinski definition) is 2. The van der Waals surface area contributed by atoms with Gasteiger partial charge in [-0.05, 0) is 68.1 Å². The maximum Gasteiger partial charge on any atom is 0.242 e. The van der Waals surface area contributed by atoms with Crippen LogP contribution < -0.4 is 15.6 Å². The van der Waals surface area contributed by atoms with Gasteiger partial charge in [-0.3, -0.25) is 15.6 Å². The van der Waals surface area contributed by atoms with Crippen LogP contribution in [0.3, 0.4) is 0 Å². The summed E-state index contributed by atoms with van der Waals surface area (Å²) in [6.07, 6.45) is 0.781. The zero-order valence-electron chi connectivity index (χ0n) is 18.9. The molecule has 4 heteroatoms. The number of benzene rings is 3. The van der Waals surface area contributed by atoms with Crippen molar-refractivity contribution in [1.82, 2.24) is 10.9 Å². The molecular weight excluding hydrogens is 396 g/mol. The molecule has 4 rings (SSSR count). The Bertz CT molecular complexity index is 1090. The van der Waals surface area contributed by atoms with Crippen molar-refractivity contribution >= 4 is 11.6 Å². The average molecular weight is 427 g/mol. The summed E-state index contributed by atoms with van der Waals surface area (Å²) in [7, 11) is 0. The van der Waals surface area contributed by atoms with E-state index < -0.39 is 0 Å². The molecule has 1 fully saturated rings. The molecule has 1 saturated carbocycles. The SMILES string of the molecule is C=C(NNC(=O)C1CC1(c1cccc(C)c1)c1cccc(C)c1)c1ccc(OCC)cc1. The van der Waals surface area contributed by atoms with Gasteiger partial charge in [0.05, 0.1) is 18.2 Å². The average Bonchev–Trinajstić information content (AvgIpc) is 3.55. The van der Waals surface area contributed by atoms with Crippen LogP contribution >= 0.6 is 0 Å². The summed E-state index contributed by atoms with van der Waals surface area (Å²) in [4.78, 5) is 13.2. The lowest BCUT2D eigenvalue weighted by atomic mass is 9.84. The highest BCUT2D eigenvalue weighted by atomic mass is 16.5. The zero-order valence-corrected chi connectivity index (χ0v) is 18.9. The van der Waals surface area contributed by atoms with Crippen molar-refractivity contribution in [2.75, 3.05) is 6.61 Å². The highest BCUT2D eigenvalue weighted by molar-refractivity contribution is 5.86. The third kappa shape index (κ3) is 4.26. The molecule has 0 saturated heterocycles. The first kappa shape index (κ1) is 21.7. The second-order valence-corrected chi connectivity index (χ2v) is 8.52. The van der Waals surface area contributed by atoms with E-state index in [9.17, 15) is 4.79 Å². The van der Waals surface area contributed by atoms with Crippen molar-refractivity contribution in [2.24, 2.45) is 5.92 Å². The van der Waals surface area contributed by atoms with E-state index in [2.05, 4.69) is 79.8 Å². The molecule has 0 spiro atoms. The van der Waals surface area contributed by atoms with Crippen LogP contribution in [0, 0.1) is 19.8 Å². The first-order valence-electron chi connectivity index (χ1n) is 11.1. The minimum Gasteiger partial charge on any atom is -0.494 e. The number of amides is 1. The van der Waals surface area contributed by atoms with Crippen LogP contribution in [0.1, 0.15) is 41.2 Å². The number of carbonyl (C=O) groups is 1. The number of hydrazine groups is 1. The number of hydrogen-bond acceptors (Lipinski definition) is 3. The van der Waals surface area contributed by atoms with Crippen LogP contribution in [0.4, 0.5) is 0 Å². The number of rotatable bonds is 8. The first-order valence-corrected chi connectivity index (χ1v) is 11.1. The lowest BCUT2D eigenvalue weighted by Gasteiger charge is -2.20. The molecule has 0 radical (unpaired) electrons. The number of ether oxygens (including phenoxy) is 1. The quantitative estimate of drug-likeness (QED) is 0.481. The van der Waals surface area contributed by atoms with E-state index in [0.29, 0.717) is 12.3 Å². The molecule has 0 bridgehead atoms. The molecule has 32 heavy (non-hydrogen) atoms. The third-order valence-electron chi connectivity index (χ3n) is 6.19. The van der Waals surface area contributed by atoms with Crippen molar-refractivity contribution in [3.63, 3.8) is 0 Å². The maximum atomic E-state index is 13.2. The first-order chi connectivity index (χ1) is 15.4. The molecule has 1 atom stereocenters. The minimum atomic E-state index is -0.301. The Balaban J connectivity index is 1.50. The Labute approximate surface area is 190 Å². The Morgan fingerprint density at radius 2 is 1.56 bits per heavy atom. The van der Waals surface area contributed by atoms with Crippen LogP contribution in [0.15, 0.2) is 79.4 Å².